The van der Waals surface area contributed by atoms with Crippen molar-refractivity contribution in [3.63, 3.8) is 0 Å². The largest absolute Gasteiger partial charge is 0.351 e. The maximum Gasteiger partial charge on any atom is 0.242 e. The van der Waals surface area contributed by atoms with Gasteiger partial charge >= 0.3 is 0 Å². The van der Waals surface area contributed by atoms with Crippen LogP contribution in [0.2, 0.25) is 0 Å². The summed E-state index contributed by atoms with van der Waals surface area (Å²) < 4.78 is 25.8. The number of sulfonamides is 1. The van der Waals surface area contributed by atoms with Gasteiger partial charge in [-0.15, -0.1) is 11.8 Å². The Balaban J connectivity index is 1.98. The van der Waals surface area contributed by atoms with Crippen LogP contribution in [0.5, 0.6) is 0 Å². The van der Waals surface area contributed by atoms with Crippen molar-refractivity contribution in [1.29, 1.82) is 0 Å². The Morgan fingerprint density at radius 2 is 1.67 bits per heavy atom. The minimum Gasteiger partial charge on any atom is -0.351 e. The van der Waals surface area contributed by atoms with Crippen molar-refractivity contribution in [3.8, 4) is 0 Å². The molecule has 0 bridgehead atoms. The molecule has 0 heterocycles. The summed E-state index contributed by atoms with van der Waals surface area (Å²) in [6, 6.07) is 16.3. The fourth-order valence-electron chi connectivity index (χ4n) is 2.01. The van der Waals surface area contributed by atoms with Gasteiger partial charge in [-0.05, 0) is 23.8 Å². The van der Waals surface area contributed by atoms with Crippen molar-refractivity contribution in [1.82, 2.24) is 9.62 Å². The molecular formula is C17H20N2O3S2. The van der Waals surface area contributed by atoms with Crippen LogP contribution in [0.3, 0.4) is 0 Å². The average Bonchev–Trinajstić information content (AvgIpc) is 2.59. The van der Waals surface area contributed by atoms with Gasteiger partial charge in [0.1, 0.15) is 0 Å². The van der Waals surface area contributed by atoms with Crippen LogP contribution >= 0.6 is 11.8 Å². The molecular weight excluding hydrogens is 344 g/mol. The Bertz CT molecular complexity index is 790. The van der Waals surface area contributed by atoms with Gasteiger partial charge in [-0.25, -0.2) is 12.7 Å². The molecule has 0 saturated carbocycles. The lowest BCUT2D eigenvalue weighted by atomic mass is 10.2. The monoisotopic (exact) mass is 364 g/mol. The zero-order chi connectivity index (χ0) is 17.6. The highest BCUT2D eigenvalue weighted by atomic mass is 32.2. The third kappa shape index (κ3) is 4.83. The summed E-state index contributed by atoms with van der Waals surface area (Å²) in [6.45, 7) is 0.178. The molecule has 0 fully saturated rings. The summed E-state index contributed by atoms with van der Waals surface area (Å²) in [5.41, 5.74) is 0.573. The Morgan fingerprint density at radius 3 is 2.33 bits per heavy atom. The number of rotatable bonds is 7. The molecule has 7 heteroatoms. The van der Waals surface area contributed by atoms with Gasteiger partial charge in [0.15, 0.2) is 0 Å². The van der Waals surface area contributed by atoms with E-state index in [1.165, 1.54) is 30.2 Å². The van der Waals surface area contributed by atoms with E-state index in [1.807, 2.05) is 30.3 Å². The summed E-state index contributed by atoms with van der Waals surface area (Å²) >= 11 is 1.44. The molecule has 0 atom stereocenters. The topological polar surface area (TPSA) is 66.5 Å². The highest BCUT2D eigenvalue weighted by Crippen LogP contribution is 2.19. The van der Waals surface area contributed by atoms with Crippen LogP contribution in [0.1, 0.15) is 5.56 Å². The van der Waals surface area contributed by atoms with Gasteiger partial charge in [0.2, 0.25) is 15.9 Å². The summed E-state index contributed by atoms with van der Waals surface area (Å²) in [5, 5.41) is 2.78. The predicted octanol–water partition coefficient (Wildman–Crippen LogP) is 2.35. The molecule has 0 radical (unpaired) electrons. The van der Waals surface area contributed by atoms with E-state index in [0.29, 0.717) is 5.56 Å². The molecule has 2 aromatic carbocycles. The van der Waals surface area contributed by atoms with E-state index in [4.69, 9.17) is 0 Å². The number of amides is 1. The fraction of sp³-hybridized carbons (Fsp3) is 0.235. The molecule has 24 heavy (non-hydrogen) atoms. The third-order valence-corrected chi connectivity index (χ3v) is 6.25. The summed E-state index contributed by atoms with van der Waals surface area (Å²) in [6.07, 6.45) is 0. The molecule has 0 spiro atoms. The summed E-state index contributed by atoms with van der Waals surface area (Å²) in [7, 11) is -0.559. The van der Waals surface area contributed by atoms with Crippen molar-refractivity contribution < 1.29 is 13.2 Å². The molecule has 0 unspecified atom stereocenters. The summed E-state index contributed by atoms with van der Waals surface area (Å²) in [5.74, 6) is 0.146. The number of nitrogens with one attached hydrogen (secondary N) is 1. The van der Waals surface area contributed by atoms with E-state index in [2.05, 4.69) is 5.32 Å². The summed E-state index contributed by atoms with van der Waals surface area (Å²) in [4.78, 5) is 13.2. The zero-order valence-corrected chi connectivity index (χ0v) is 15.2. The highest BCUT2D eigenvalue weighted by Gasteiger charge is 2.20. The fourth-order valence-corrected chi connectivity index (χ4v) is 3.87. The van der Waals surface area contributed by atoms with Crippen molar-refractivity contribution >= 4 is 27.7 Å². The molecule has 0 aromatic heterocycles. The lowest BCUT2D eigenvalue weighted by Gasteiger charge is -2.15. The number of benzene rings is 2. The molecule has 0 aliphatic rings. The number of carbonyl (C=O) groups excluding carboxylic acids is 1. The van der Waals surface area contributed by atoms with Gasteiger partial charge in [-0.2, -0.15) is 0 Å². The number of carbonyl (C=O) groups is 1. The normalized spacial score (nSPS) is 11.5. The SMILES string of the molecule is CN(C)S(=O)(=O)c1ccccc1CNC(=O)CSc1ccccc1. The number of thioether (sulfide) groups is 1. The minimum atomic E-state index is -3.53. The Labute approximate surface area is 147 Å². The van der Waals surface area contributed by atoms with E-state index < -0.39 is 10.0 Å². The van der Waals surface area contributed by atoms with Crippen LogP contribution in [0.25, 0.3) is 0 Å². The van der Waals surface area contributed by atoms with Gasteiger partial charge in [0.05, 0.1) is 10.6 Å². The number of hydrogen-bond acceptors (Lipinski definition) is 4. The van der Waals surface area contributed by atoms with E-state index in [1.54, 1.807) is 24.3 Å². The maximum absolute atomic E-state index is 12.3. The van der Waals surface area contributed by atoms with E-state index in [-0.39, 0.29) is 23.1 Å². The Morgan fingerprint density at radius 1 is 1.04 bits per heavy atom. The molecule has 5 nitrogen and oxygen atoms in total. The second kappa shape index (κ2) is 8.32. The Hall–Kier alpha value is -1.83. The van der Waals surface area contributed by atoms with Crippen LogP contribution in [-0.2, 0) is 21.4 Å². The quantitative estimate of drug-likeness (QED) is 0.766. The molecule has 1 amide bonds. The van der Waals surface area contributed by atoms with Crippen LogP contribution in [-0.4, -0.2) is 38.5 Å². The van der Waals surface area contributed by atoms with Gasteiger partial charge in [0, 0.05) is 25.5 Å². The van der Waals surface area contributed by atoms with Crippen LogP contribution in [0.15, 0.2) is 64.4 Å². The molecule has 0 aliphatic carbocycles. The van der Waals surface area contributed by atoms with Gasteiger partial charge in [-0.1, -0.05) is 36.4 Å². The smallest absolute Gasteiger partial charge is 0.242 e. The van der Waals surface area contributed by atoms with Crippen molar-refractivity contribution in [3.05, 3.63) is 60.2 Å². The van der Waals surface area contributed by atoms with E-state index >= 15 is 0 Å². The first-order valence-corrected chi connectivity index (χ1v) is 9.79. The number of hydrogen-bond donors (Lipinski definition) is 1. The van der Waals surface area contributed by atoms with Crippen LogP contribution in [0.4, 0.5) is 0 Å². The van der Waals surface area contributed by atoms with E-state index in [0.717, 1.165) is 4.90 Å². The van der Waals surface area contributed by atoms with Crippen LogP contribution < -0.4 is 5.32 Å². The average molecular weight is 364 g/mol. The first kappa shape index (κ1) is 18.5. The molecule has 128 valence electrons. The van der Waals surface area contributed by atoms with Crippen molar-refractivity contribution in [2.45, 2.75) is 16.3 Å². The van der Waals surface area contributed by atoms with Crippen molar-refractivity contribution in [2.75, 3.05) is 19.8 Å². The standard InChI is InChI=1S/C17H20N2O3S2/c1-19(2)24(21,22)16-11-7-6-8-14(16)12-18-17(20)13-23-15-9-4-3-5-10-15/h3-11H,12-13H2,1-2H3,(H,18,20). The van der Waals surface area contributed by atoms with Crippen molar-refractivity contribution in [2.24, 2.45) is 0 Å². The zero-order valence-electron chi connectivity index (χ0n) is 13.6. The van der Waals surface area contributed by atoms with Gasteiger partial charge in [-0.3, -0.25) is 4.79 Å². The molecule has 0 saturated heterocycles. The Kier molecular flexibility index (Phi) is 6.42. The first-order valence-electron chi connectivity index (χ1n) is 7.36. The second-order valence-corrected chi connectivity index (χ2v) is 8.44. The van der Waals surface area contributed by atoms with Gasteiger partial charge in [0.25, 0.3) is 0 Å². The molecule has 1 N–H and O–H groups in total. The van der Waals surface area contributed by atoms with E-state index in [9.17, 15) is 13.2 Å². The lowest BCUT2D eigenvalue weighted by Crippen LogP contribution is -2.27. The number of nitrogens with zero attached hydrogens (tertiary/aromatic N) is 1. The van der Waals surface area contributed by atoms with Crippen LogP contribution in [0, 0.1) is 0 Å². The molecule has 2 rings (SSSR count). The minimum absolute atomic E-state index is 0.138. The first-order chi connectivity index (χ1) is 11.4. The lowest BCUT2D eigenvalue weighted by molar-refractivity contribution is -0.118. The second-order valence-electron chi connectivity index (χ2n) is 5.27. The molecule has 0 aliphatic heterocycles. The van der Waals surface area contributed by atoms with Gasteiger partial charge < -0.3 is 5.32 Å². The highest BCUT2D eigenvalue weighted by molar-refractivity contribution is 8.00. The molecule has 2 aromatic rings. The predicted molar refractivity (Wildman–Crippen MR) is 96.3 cm³/mol. The maximum atomic E-state index is 12.3. The third-order valence-electron chi connectivity index (χ3n) is 3.32.